The number of hydrogen-bond donors (Lipinski definition) is 0. The van der Waals surface area contributed by atoms with Gasteiger partial charge >= 0.3 is 5.97 Å². The summed E-state index contributed by atoms with van der Waals surface area (Å²) >= 11 is 0. The van der Waals surface area contributed by atoms with Gasteiger partial charge in [0.15, 0.2) is 0 Å². The Morgan fingerprint density at radius 2 is 1.59 bits per heavy atom. The zero-order chi connectivity index (χ0) is 19.2. The summed E-state index contributed by atoms with van der Waals surface area (Å²) in [7, 11) is 1.59. The molecular weight excluding hydrogens is 350 g/mol. The van der Waals surface area contributed by atoms with Crippen molar-refractivity contribution in [1.82, 2.24) is 4.90 Å². The van der Waals surface area contributed by atoms with Crippen molar-refractivity contribution in [2.75, 3.05) is 26.9 Å². The molecule has 1 aliphatic carbocycles. The van der Waals surface area contributed by atoms with Crippen molar-refractivity contribution in [3.63, 3.8) is 0 Å². The smallest absolute Gasteiger partial charge is 0.307 e. The Kier molecular flexibility index (Phi) is 6.11. The first-order valence-electron chi connectivity index (χ1n) is 9.03. The second-order valence-corrected chi connectivity index (χ2v) is 6.48. The van der Waals surface area contributed by atoms with Crippen LogP contribution in [0.4, 0.5) is 0 Å². The molecule has 2 aliphatic rings. The van der Waals surface area contributed by atoms with Gasteiger partial charge in [0.2, 0.25) is 11.8 Å². The molecule has 27 heavy (non-hydrogen) atoms. The van der Waals surface area contributed by atoms with E-state index in [-0.39, 0.29) is 49.8 Å². The summed E-state index contributed by atoms with van der Waals surface area (Å²) in [6.07, 6.45) is 5.06. The third-order valence-corrected chi connectivity index (χ3v) is 4.81. The van der Waals surface area contributed by atoms with E-state index in [9.17, 15) is 14.4 Å². The standard InChI is InChI=1S/C20H23NO6/c1-25-14-6-8-15(9-7-14)26-12-13-27-18(22)10-11-21-19(23)16-4-2-3-5-17(16)20(21)24/h2-3,6-9,16-17H,4-5,10-13H2,1H3/t16-,17-/m1/s1. The van der Waals surface area contributed by atoms with Crippen LogP contribution in [-0.2, 0) is 19.1 Å². The predicted molar refractivity (Wildman–Crippen MR) is 96.1 cm³/mol. The zero-order valence-electron chi connectivity index (χ0n) is 15.3. The molecule has 0 bridgehead atoms. The number of methoxy groups -OCH3 is 1. The molecule has 2 atom stereocenters. The quantitative estimate of drug-likeness (QED) is 0.300. The molecule has 1 aromatic rings. The Labute approximate surface area is 157 Å². The third kappa shape index (κ3) is 4.48. The lowest BCUT2D eigenvalue weighted by Gasteiger charge is -2.14. The van der Waals surface area contributed by atoms with Crippen molar-refractivity contribution in [3.05, 3.63) is 36.4 Å². The first-order valence-corrected chi connectivity index (χ1v) is 9.03. The van der Waals surface area contributed by atoms with E-state index < -0.39 is 5.97 Å². The topological polar surface area (TPSA) is 82.1 Å². The first kappa shape index (κ1) is 18.9. The zero-order valence-corrected chi connectivity index (χ0v) is 15.3. The largest absolute Gasteiger partial charge is 0.497 e. The summed E-state index contributed by atoms with van der Waals surface area (Å²) in [5, 5.41) is 0. The summed E-state index contributed by atoms with van der Waals surface area (Å²) in [6, 6.07) is 7.08. The summed E-state index contributed by atoms with van der Waals surface area (Å²) in [5.74, 6) is 0.0384. The van der Waals surface area contributed by atoms with E-state index in [1.54, 1.807) is 31.4 Å². The average Bonchev–Trinajstić information content (AvgIpc) is 2.94. The number of benzene rings is 1. The molecule has 1 aliphatic heterocycles. The van der Waals surface area contributed by atoms with Crippen LogP contribution < -0.4 is 9.47 Å². The van der Waals surface area contributed by atoms with Gasteiger partial charge in [-0.15, -0.1) is 0 Å². The summed E-state index contributed by atoms with van der Waals surface area (Å²) < 4.78 is 15.6. The van der Waals surface area contributed by atoms with Crippen molar-refractivity contribution < 1.29 is 28.6 Å². The van der Waals surface area contributed by atoms with Crippen LogP contribution in [0.2, 0.25) is 0 Å². The molecule has 7 nitrogen and oxygen atoms in total. The SMILES string of the molecule is COc1ccc(OCCOC(=O)CCN2C(=O)[C@@H]3CC=CC[C@H]3C2=O)cc1. The number of carbonyl (C=O) groups is 3. The van der Waals surface area contributed by atoms with Crippen LogP contribution in [0.25, 0.3) is 0 Å². The van der Waals surface area contributed by atoms with Gasteiger partial charge < -0.3 is 14.2 Å². The van der Waals surface area contributed by atoms with Crippen molar-refractivity contribution >= 4 is 17.8 Å². The summed E-state index contributed by atoms with van der Waals surface area (Å²) in [5.41, 5.74) is 0. The lowest BCUT2D eigenvalue weighted by Crippen LogP contribution is -2.33. The van der Waals surface area contributed by atoms with Gasteiger partial charge in [0.1, 0.15) is 24.7 Å². The number of amides is 2. The van der Waals surface area contributed by atoms with Crippen LogP contribution in [0.1, 0.15) is 19.3 Å². The lowest BCUT2D eigenvalue weighted by molar-refractivity contribution is -0.146. The van der Waals surface area contributed by atoms with E-state index >= 15 is 0 Å². The van der Waals surface area contributed by atoms with Crippen LogP contribution in [0.5, 0.6) is 11.5 Å². The lowest BCUT2D eigenvalue weighted by atomic mass is 9.85. The Hall–Kier alpha value is -2.83. The van der Waals surface area contributed by atoms with Crippen LogP contribution in [-0.4, -0.2) is 49.6 Å². The molecule has 1 saturated heterocycles. The van der Waals surface area contributed by atoms with Crippen molar-refractivity contribution in [2.24, 2.45) is 11.8 Å². The Morgan fingerprint density at radius 3 is 2.19 bits per heavy atom. The van der Waals surface area contributed by atoms with Gasteiger partial charge in [-0.25, -0.2) is 0 Å². The number of ether oxygens (including phenoxy) is 3. The number of esters is 1. The molecule has 0 spiro atoms. The minimum atomic E-state index is -0.457. The maximum absolute atomic E-state index is 12.3. The molecular formula is C20H23NO6. The van der Waals surface area contributed by atoms with Gasteiger partial charge in [0, 0.05) is 6.54 Å². The van der Waals surface area contributed by atoms with Gasteiger partial charge in [-0.1, -0.05) is 12.2 Å². The number of likely N-dealkylation sites (tertiary alicyclic amines) is 1. The minimum Gasteiger partial charge on any atom is -0.497 e. The molecule has 1 aromatic carbocycles. The van der Waals surface area contributed by atoms with Crippen LogP contribution >= 0.6 is 0 Å². The molecule has 0 unspecified atom stereocenters. The van der Waals surface area contributed by atoms with E-state index in [0.29, 0.717) is 18.6 Å². The Balaban J connectivity index is 1.36. The number of carbonyl (C=O) groups excluding carboxylic acids is 3. The third-order valence-electron chi connectivity index (χ3n) is 4.81. The van der Waals surface area contributed by atoms with E-state index in [2.05, 4.69) is 0 Å². The Bertz CT molecular complexity index is 700. The molecule has 144 valence electrons. The van der Waals surface area contributed by atoms with Gasteiger partial charge in [-0.3, -0.25) is 19.3 Å². The van der Waals surface area contributed by atoms with E-state index in [1.165, 1.54) is 4.90 Å². The second-order valence-electron chi connectivity index (χ2n) is 6.48. The van der Waals surface area contributed by atoms with Crippen LogP contribution in [0.3, 0.4) is 0 Å². The number of rotatable bonds is 8. The van der Waals surface area contributed by atoms with E-state index in [1.807, 2.05) is 12.2 Å². The van der Waals surface area contributed by atoms with E-state index in [4.69, 9.17) is 14.2 Å². The number of imide groups is 1. The number of nitrogens with zero attached hydrogens (tertiary/aromatic N) is 1. The number of hydrogen-bond acceptors (Lipinski definition) is 6. The molecule has 1 fully saturated rings. The van der Waals surface area contributed by atoms with Crippen molar-refractivity contribution in [2.45, 2.75) is 19.3 Å². The highest BCUT2D eigenvalue weighted by atomic mass is 16.6. The fraction of sp³-hybridized carbons (Fsp3) is 0.450. The van der Waals surface area contributed by atoms with Crippen molar-refractivity contribution in [1.29, 1.82) is 0 Å². The van der Waals surface area contributed by atoms with Crippen LogP contribution in [0.15, 0.2) is 36.4 Å². The van der Waals surface area contributed by atoms with Gasteiger partial charge in [-0.05, 0) is 37.1 Å². The summed E-state index contributed by atoms with van der Waals surface area (Å²) in [6.45, 7) is 0.389. The molecule has 0 N–H and O–H groups in total. The minimum absolute atomic E-state index is 0.00706. The highest BCUT2D eigenvalue weighted by Gasteiger charge is 2.46. The molecule has 0 aromatic heterocycles. The number of allylic oxidation sites excluding steroid dienone is 2. The summed E-state index contributed by atoms with van der Waals surface area (Å²) in [4.78, 5) is 37.7. The van der Waals surface area contributed by atoms with Gasteiger partial charge in [0.05, 0.1) is 25.4 Å². The molecule has 1 heterocycles. The monoisotopic (exact) mass is 373 g/mol. The molecule has 2 amide bonds. The first-order chi connectivity index (χ1) is 13.1. The fourth-order valence-corrected chi connectivity index (χ4v) is 3.35. The van der Waals surface area contributed by atoms with Crippen LogP contribution in [0, 0.1) is 11.8 Å². The average molecular weight is 373 g/mol. The predicted octanol–water partition coefficient (Wildman–Crippen LogP) is 1.96. The normalized spacial score (nSPS) is 21.1. The molecule has 3 rings (SSSR count). The molecule has 0 radical (unpaired) electrons. The number of fused-ring (bicyclic) bond motifs is 1. The van der Waals surface area contributed by atoms with Crippen molar-refractivity contribution in [3.8, 4) is 11.5 Å². The molecule has 7 heteroatoms. The Morgan fingerprint density at radius 1 is 1.00 bits per heavy atom. The fourth-order valence-electron chi connectivity index (χ4n) is 3.35. The second kappa shape index (κ2) is 8.70. The highest BCUT2D eigenvalue weighted by Crippen LogP contribution is 2.35. The van der Waals surface area contributed by atoms with Gasteiger partial charge in [0.25, 0.3) is 0 Å². The van der Waals surface area contributed by atoms with E-state index in [0.717, 1.165) is 5.75 Å². The maximum atomic E-state index is 12.3. The van der Waals surface area contributed by atoms with Gasteiger partial charge in [-0.2, -0.15) is 0 Å². The highest BCUT2D eigenvalue weighted by molar-refractivity contribution is 6.05. The maximum Gasteiger partial charge on any atom is 0.307 e. The molecule has 0 saturated carbocycles.